The van der Waals surface area contributed by atoms with E-state index in [0.29, 0.717) is 25.6 Å². The van der Waals surface area contributed by atoms with Gasteiger partial charge in [-0.25, -0.2) is 9.98 Å². The van der Waals surface area contributed by atoms with E-state index in [2.05, 4.69) is 33.6 Å². The van der Waals surface area contributed by atoms with Gasteiger partial charge in [-0.05, 0) is 36.6 Å². The molecule has 0 aliphatic heterocycles. The molecule has 0 bridgehead atoms. The number of hydrogen-bond donors (Lipinski definition) is 2. The molecule has 6 heteroatoms. The van der Waals surface area contributed by atoms with Crippen LogP contribution in [-0.4, -0.2) is 31.2 Å². The lowest BCUT2D eigenvalue weighted by atomic mass is 10.2. The molecule has 0 unspecified atom stereocenters. The fourth-order valence-electron chi connectivity index (χ4n) is 2.28. The molecule has 0 saturated carbocycles. The normalized spacial score (nSPS) is 11.1. The highest BCUT2D eigenvalue weighted by molar-refractivity contribution is 5.79. The third-order valence-corrected chi connectivity index (χ3v) is 3.61. The van der Waals surface area contributed by atoms with E-state index in [9.17, 15) is 0 Å². The zero-order valence-corrected chi connectivity index (χ0v) is 15.8. The van der Waals surface area contributed by atoms with Crippen molar-refractivity contribution in [3.63, 3.8) is 0 Å². The molecule has 26 heavy (non-hydrogen) atoms. The van der Waals surface area contributed by atoms with E-state index >= 15 is 0 Å². The van der Waals surface area contributed by atoms with Gasteiger partial charge in [0.2, 0.25) is 5.88 Å². The van der Waals surface area contributed by atoms with Crippen molar-refractivity contribution in [3.05, 3.63) is 53.7 Å². The number of aliphatic imine (C=N–C) groups is 1. The monoisotopic (exact) mass is 356 g/mol. The van der Waals surface area contributed by atoms with Crippen molar-refractivity contribution in [2.45, 2.75) is 33.4 Å². The first-order valence-electron chi connectivity index (χ1n) is 8.98. The van der Waals surface area contributed by atoms with Gasteiger partial charge in [-0.15, -0.1) is 0 Å². The first-order valence-corrected chi connectivity index (χ1v) is 8.98. The Labute approximate surface area is 155 Å². The summed E-state index contributed by atoms with van der Waals surface area (Å²) in [6.07, 6.45) is 2.78. The largest absolute Gasteiger partial charge is 0.497 e. The van der Waals surface area contributed by atoms with Crippen LogP contribution >= 0.6 is 0 Å². The number of nitrogens with zero attached hydrogens (tertiary/aromatic N) is 2. The van der Waals surface area contributed by atoms with Gasteiger partial charge in [0.05, 0.1) is 20.3 Å². The van der Waals surface area contributed by atoms with Gasteiger partial charge in [-0.2, -0.15) is 0 Å². The number of methoxy groups -OCH3 is 1. The van der Waals surface area contributed by atoms with Gasteiger partial charge < -0.3 is 20.1 Å². The maximum absolute atomic E-state index is 5.50. The average Bonchev–Trinajstić information content (AvgIpc) is 2.69. The van der Waals surface area contributed by atoms with Crippen LogP contribution in [0, 0.1) is 0 Å². The topological polar surface area (TPSA) is 67.8 Å². The minimum Gasteiger partial charge on any atom is -0.497 e. The minimum absolute atomic E-state index is 0.550. The Balaban J connectivity index is 1.92. The summed E-state index contributed by atoms with van der Waals surface area (Å²) in [5.74, 6) is 2.27. The molecule has 0 saturated heterocycles. The Hall–Kier alpha value is -2.76. The molecule has 0 amide bonds. The summed E-state index contributed by atoms with van der Waals surface area (Å²) in [7, 11) is 1.67. The molecule has 0 fully saturated rings. The summed E-state index contributed by atoms with van der Waals surface area (Å²) < 4.78 is 10.8. The third-order valence-electron chi connectivity index (χ3n) is 3.61. The van der Waals surface area contributed by atoms with E-state index in [1.807, 2.05) is 37.3 Å². The van der Waals surface area contributed by atoms with Crippen LogP contribution in [0.2, 0.25) is 0 Å². The van der Waals surface area contributed by atoms with Crippen LogP contribution in [0.25, 0.3) is 0 Å². The van der Waals surface area contributed by atoms with Gasteiger partial charge in [-0.3, -0.25) is 0 Å². The Morgan fingerprint density at radius 2 is 2.00 bits per heavy atom. The van der Waals surface area contributed by atoms with Gasteiger partial charge in [0.25, 0.3) is 0 Å². The highest BCUT2D eigenvalue weighted by atomic mass is 16.5. The summed E-state index contributed by atoms with van der Waals surface area (Å²) in [6.45, 7) is 6.82. The lowest BCUT2D eigenvalue weighted by Gasteiger charge is -2.12. The fraction of sp³-hybridized carbons (Fsp3) is 0.400. The first kappa shape index (κ1) is 19.6. The zero-order valence-electron chi connectivity index (χ0n) is 15.8. The van der Waals surface area contributed by atoms with E-state index in [-0.39, 0.29) is 0 Å². The molecule has 1 heterocycles. The number of guanidine groups is 1. The van der Waals surface area contributed by atoms with Crippen molar-refractivity contribution >= 4 is 5.96 Å². The molecule has 0 spiro atoms. The predicted octanol–water partition coefficient (Wildman–Crippen LogP) is 3.13. The Morgan fingerprint density at radius 1 is 1.12 bits per heavy atom. The molecule has 2 rings (SSSR count). The zero-order chi connectivity index (χ0) is 18.6. The molecule has 0 radical (unpaired) electrons. The lowest BCUT2D eigenvalue weighted by molar-refractivity contribution is 0.305. The van der Waals surface area contributed by atoms with Crippen molar-refractivity contribution in [1.29, 1.82) is 0 Å². The molecular formula is C20H28N4O2. The number of aromatic nitrogens is 1. The van der Waals surface area contributed by atoms with E-state index in [4.69, 9.17) is 9.47 Å². The smallest absolute Gasteiger partial charge is 0.213 e. The number of hydrogen-bond acceptors (Lipinski definition) is 4. The van der Waals surface area contributed by atoms with Gasteiger partial charge in [-0.1, -0.05) is 25.1 Å². The van der Waals surface area contributed by atoms with Crippen molar-refractivity contribution in [2.24, 2.45) is 4.99 Å². The lowest BCUT2D eigenvalue weighted by Crippen LogP contribution is -2.36. The Bertz CT molecular complexity index is 686. The molecule has 6 nitrogen and oxygen atoms in total. The fourth-order valence-corrected chi connectivity index (χ4v) is 2.28. The molecule has 2 aromatic rings. The van der Waals surface area contributed by atoms with E-state index in [0.717, 1.165) is 35.8 Å². The van der Waals surface area contributed by atoms with Gasteiger partial charge in [0.15, 0.2) is 5.96 Å². The second-order valence-corrected chi connectivity index (χ2v) is 5.75. The molecule has 0 aliphatic carbocycles. The molecule has 0 atom stereocenters. The second kappa shape index (κ2) is 11.0. The van der Waals surface area contributed by atoms with Crippen LogP contribution in [0.3, 0.4) is 0 Å². The number of ether oxygens (including phenoxy) is 2. The second-order valence-electron chi connectivity index (χ2n) is 5.75. The molecule has 0 aliphatic rings. The van der Waals surface area contributed by atoms with Crippen LogP contribution in [0.4, 0.5) is 0 Å². The summed E-state index contributed by atoms with van der Waals surface area (Å²) in [6, 6.07) is 11.9. The molecule has 1 aromatic heterocycles. The maximum atomic E-state index is 5.50. The van der Waals surface area contributed by atoms with Crippen LogP contribution in [0.1, 0.15) is 31.4 Å². The van der Waals surface area contributed by atoms with Gasteiger partial charge >= 0.3 is 0 Å². The van der Waals surface area contributed by atoms with Crippen LogP contribution < -0.4 is 20.1 Å². The molecule has 2 N–H and O–H groups in total. The summed E-state index contributed by atoms with van der Waals surface area (Å²) in [5, 5.41) is 6.59. The van der Waals surface area contributed by atoms with Crippen molar-refractivity contribution in [3.8, 4) is 11.6 Å². The van der Waals surface area contributed by atoms with Gasteiger partial charge in [0, 0.05) is 25.4 Å². The number of nitrogens with one attached hydrogen (secondary N) is 2. The van der Waals surface area contributed by atoms with E-state index in [1.165, 1.54) is 0 Å². The van der Waals surface area contributed by atoms with Crippen LogP contribution in [0.5, 0.6) is 11.6 Å². The average molecular weight is 356 g/mol. The highest BCUT2D eigenvalue weighted by Gasteiger charge is 2.01. The number of rotatable bonds is 9. The van der Waals surface area contributed by atoms with Gasteiger partial charge in [0.1, 0.15) is 5.75 Å². The quantitative estimate of drug-likeness (QED) is 0.534. The van der Waals surface area contributed by atoms with Crippen molar-refractivity contribution in [2.75, 3.05) is 20.3 Å². The SMILES string of the molecule is CCCOc1ccc(CN=C(NCC)NCc2cccc(OC)c2)cn1. The maximum Gasteiger partial charge on any atom is 0.213 e. The van der Waals surface area contributed by atoms with Crippen LogP contribution in [-0.2, 0) is 13.1 Å². The predicted molar refractivity (Wildman–Crippen MR) is 105 cm³/mol. The summed E-state index contributed by atoms with van der Waals surface area (Å²) in [4.78, 5) is 8.92. The van der Waals surface area contributed by atoms with E-state index < -0.39 is 0 Å². The van der Waals surface area contributed by atoms with Crippen molar-refractivity contribution < 1.29 is 9.47 Å². The number of benzene rings is 1. The number of pyridine rings is 1. The van der Waals surface area contributed by atoms with Crippen LogP contribution in [0.15, 0.2) is 47.6 Å². The molecule has 140 valence electrons. The third kappa shape index (κ3) is 6.63. The van der Waals surface area contributed by atoms with E-state index in [1.54, 1.807) is 13.3 Å². The summed E-state index contributed by atoms with van der Waals surface area (Å²) in [5.41, 5.74) is 2.17. The standard InChI is InChI=1S/C20H28N4O2/c1-4-11-26-19-10-9-17(14-22-19)15-24-20(21-5-2)23-13-16-7-6-8-18(12-16)25-3/h6-10,12,14H,4-5,11,13,15H2,1-3H3,(H2,21,23,24). The highest BCUT2D eigenvalue weighted by Crippen LogP contribution is 2.12. The summed E-state index contributed by atoms with van der Waals surface area (Å²) >= 11 is 0. The van der Waals surface area contributed by atoms with Crippen molar-refractivity contribution in [1.82, 2.24) is 15.6 Å². The molecular weight excluding hydrogens is 328 g/mol. The Kier molecular flexibility index (Phi) is 8.26. The Morgan fingerprint density at radius 3 is 2.69 bits per heavy atom. The molecule has 1 aromatic carbocycles. The first-order chi connectivity index (χ1) is 12.7. The minimum atomic E-state index is 0.550.